The highest BCUT2D eigenvalue weighted by atomic mass is 127. The lowest BCUT2D eigenvalue weighted by molar-refractivity contribution is -0.169. The highest BCUT2D eigenvalue weighted by Gasteiger charge is 2.69. The molecule has 5 rings (SSSR count). The Bertz CT molecular complexity index is 1070. The number of methoxy groups -OCH3 is 1. The van der Waals surface area contributed by atoms with Gasteiger partial charge in [-0.2, -0.15) is 0 Å². The van der Waals surface area contributed by atoms with Crippen LogP contribution in [0.25, 0.3) is 0 Å². The maximum atomic E-state index is 14.3. The number of esters is 1. The molecule has 0 aromatic rings. The number of halogens is 1. The molecule has 0 amide bonds. The largest absolute Gasteiger partial charge is 0.469 e. The molecule has 0 spiro atoms. The lowest BCUT2D eigenvalue weighted by Crippen LogP contribution is -2.65. The second kappa shape index (κ2) is 7.77. The van der Waals surface area contributed by atoms with Gasteiger partial charge in [0.25, 0.3) is 0 Å². The molecule has 0 aliphatic heterocycles. The normalized spacial score (nSPS) is 48.5. The Morgan fingerprint density at radius 1 is 1.00 bits per heavy atom. The first-order valence-electron chi connectivity index (χ1n) is 13.4. The average molecular weight is 593 g/mol. The molecule has 3 fully saturated rings. The van der Waals surface area contributed by atoms with E-state index in [0.717, 1.165) is 48.5 Å². The van der Waals surface area contributed by atoms with Crippen LogP contribution in [0.3, 0.4) is 0 Å². The summed E-state index contributed by atoms with van der Waals surface area (Å²) in [6.45, 7) is 13.6. The third-order valence-electron chi connectivity index (χ3n) is 12.1. The van der Waals surface area contributed by atoms with Gasteiger partial charge in [-0.3, -0.25) is 14.4 Å². The second-order valence-corrected chi connectivity index (χ2v) is 15.0. The van der Waals surface area contributed by atoms with Gasteiger partial charge < -0.3 is 4.74 Å². The summed E-state index contributed by atoms with van der Waals surface area (Å²) in [6.07, 6.45) is 11.0. The Kier molecular flexibility index (Phi) is 5.69. The zero-order valence-corrected chi connectivity index (χ0v) is 24.6. The van der Waals surface area contributed by atoms with E-state index in [1.807, 2.05) is 6.08 Å². The van der Waals surface area contributed by atoms with E-state index < -0.39 is 5.41 Å². The minimum Gasteiger partial charge on any atom is -0.469 e. The van der Waals surface area contributed by atoms with E-state index in [-0.39, 0.29) is 62.9 Å². The molecule has 5 aliphatic rings. The van der Waals surface area contributed by atoms with Crippen molar-refractivity contribution in [1.29, 1.82) is 0 Å². The van der Waals surface area contributed by atoms with E-state index in [1.165, 1.54) is 12.7 Å². The maximum absolute atomic E-state index is 14.3. The highest BCUT2D eigenvalue weighted by molar-refractivity contribution is 14.1. The molecule has 4 nitrogen and oxygen atoms in total. The van der Waals surface area contributed by atoms with Crippen molar-refractivity contribution >= 4 is 40.1 Å². The third-order valence-corrected chi connectivity index (χ3v) is 12.9. The fourth-order valence-electron chi connectivity index (χ4n) is 9.85. The molecule has 8 atom stereocenters. The number of carbonyl (C=O) groups is 3. The summed E-state index contributed by atoms with van der Waals surface area (Å²) < 4.78 is 5.93. The monoisotopic (exact) mass is 592 g/mol. The summed E-state index contributed by atoms with van der Waals surface area (Å²) in [5.74, 6) is 0.545. The van der Waals surface area contributed by atoms with E-state index in [1.54, 1.807) is 0 Å². The molecule has 35 heavy (non-hydrogen) atoms. The molecular formula is C30H41IO4. The van der Waals surface area contributed by atoms with Gasteiger partial charge in [0.2, 0.25) is 0 Å². The Morgan fingerprint density at radius 3 is 2.34 bits per heavy atom. The van der Waals surface area contributed by atoms with Crippen LogP contribution in [0.2, 0.25) is 0 Å². The van der Waals surface area contributed by atoms with Crippen molar-refractivity contribution in [2.75, 3.05) is 7.11 Å². The molecule has 0 saturated heterocycles. The van der Waals surface area contributed by atoms with Crippen molar-refractivity contribution in [3.05, 3.63) is 21.3 Å². The lowest BCUT2D eigenvalue weighted by atomic mass is 9.34. The minimum atomic E-state index is -0.464. The van der Waals surface area contributed by atoms with Crippen molar-refractivity contribution in [3.63, 3.8) is 0 Å². The van der Waals surface area contributed by atoms with Crippen LogP contribution in [0.1, 0.15) is 86.5 Å². The minimum absolute atomic E-state index is 0.0788. The summed E-state index contributed by atoms with van der Waals surface area (Å²) in [5, 5.41) is 0. The first-order chi connectivity index (χ1) is 16.2. The van der Waals surface area contributed by atoms with Crippen molar-refractivity contribution in [3.8, 4) is 0 Å². The van der Waals surface area contributed by atoms with Gasteiger partial charge in [-0.05, 0) is 102 Å². The predicted molar refractivity (Wildman–Crippen MR) is 145 cm³/mol. The standard InChI is InChI=1S/C30H41IO4/c1-26(2)22-9-11-30(6)23(28(22,4)16-20(31)24(26)33)21(32)15-19-18-14-17(25(34)35-7)8-10-27(18,3)12-13-29(19,30)5/h15-18,22-23H,8-14H2,1-7H3/t17?,18?,22-,23+,27?,28?,29+,30?/m0/s1. The zero-order chi connectivity index (χ0) is 25.8. The molecular weight excluding hydrogens is 551 g/mol. The van der Waals surface area contributed by atoms with E-state index in [2.05, 4.69) is 70.2 Å². The van der Waals surface area contributed by atoms with Crippen molar-refractivity contribution in [1.82, 2.24) is 0 Å². The van der Waals surface area contributed by atoms with E-state index in [0.29, 0.717) is 0 Å². The van der Waals surface area contributed by atoms with Crippen molar-refractivity contribution in [2.24, 2.45) is 50.7 Å². The molecule has 5 heteroatoms. The summed E-state index contributed by atoms with van der Waals surface area (Å²) in [7, 11) is 1.49. The van der Waals surface area contributed by atoms with Gasteiger partial charge in [-0.25, -0.2) is 0 Å². The van der Waals surface area contributed by atoms with Crippen LogP contribution in [0.4, 0.5) is 0 Å². The summed E-state index contributed by atoms with van der Waals surface area (Å²) in [5.41, 5.74) is 0.361. The van der Waals surface area contributed by atoms with Crippen LogP contribution in [0.15, 0.2) is 21.3 Å². The van der Waals surface area contributed by atoms with Gasteiger partial charge in [0.05, 0.1) is 16.6 Å². The Balaban J connectivity index is 1.64. The van der Waals surface area contributed by atoms with Gasteiger partial charge in [0, 0.05) is 16.7 Å². The first-order valence-corrected chi connectivity index (χ1v) is 14.5. The molecule has 0 aromatic heterocycles. The average Bonchev–Trinajstić information content (AvgIpc) is 2.78. The quantitative estimate of drug-likeness (QED) is 0.247. The number of ketones is 2. The number of ether oxygens (including phenoxy) is 1. The predicted octanol–water partition coefficient (Wildman–Crippen LogP) is 6.86. The summed E-state index contributed by atoms with van der Waals surface area (Å²) in [4.78, 5) is 39.9. The lowest BCUT2D eigenvalue weighted by Gasteiger charge is -2.68. The Hall–Kier alpha value is -0.980. The van der Waals surface area contributed by atoms with Gasteiger partial charge in [0.15, 0.2) is 11.6 Å². The molecule has 0 N–H and O–H groups in total. The number of carbonyl (C=O) groups excluding carboxylic acids is 3. The number of rotatable bonds is 1. The Morgan fingerprint density at radius 2 is 1.69 bits per heavy atom. The second-order valence-electron chi connectivity index (χ2n) is 13.9. The molecule has 0 bridgehead atoms. The smallest absolute Gasteiger partial charge is 0.308 e. The van der Waals surface area contributed by atoms with E-state index in [9.17, 15) is 14.4 Å². The number of hydrogen-bond donors (Lipinski definition) is 0. The molecule has 192 valence electrons. The fourth-order valence-corrected chi connectivity index (χ4v) is 11.2. The van der Waals surface area contributed by atoms with Crippen LogP contribution in [-0.2, 0) is 19.1 Å². The molecule has 5 aliphatic carbocycles. The fraction of sp³-hybridized carbons (Fsp3) is 0.767. The number of fused-ring (bicyclic) bond motifs is 7. The molecule has 0 aromatic carbocycles. The van der Waals surface area contributed by atoms with Crippen LogP contribution in [0, 0.1) is 50.7 Å². The first kappa shape index (κ1) is 25.7. The summed E-state index contributed by atoms with van der Waals surface area (Å²) >= 11 is 2.20. The highest BCUT2D eigenvalue weighted by Crippen LogP contribution is 2.74. The molecule has 5 unspecified atom stereocenters. The van der Waals surface area contributed by atoms with Crippen LogP contribution in [-0.4, -0.2) is 24.6 Å². The van der Waals surface area contributed by atoms with Crippen LogP contribution in [0.5, 0.6) is 0 Å². The SMILES string of the molecule is COC(=O)C1CCC2(C)CC[C@]3(C)C(=CC(=O)[C@@H]4C5(C)C=C(I)C(=O)C(C)(C)[C@@H]5CCC43C)C2C1. The molecule has 3 saturated carbocycles. The van der Waals surface area contributed by atoms with Gasteiger partial charge in [-0.1, -0.05) is 53.2 Å². The Labute approximate surface area is 224 Å². The number of hydrogen-bond acceptors (Lipinski definition) is 4. The van der Waals surface area contributed by atoms with Gasteiger partial charge in [-0.15, -0.1) is 0 Å². The molecule has 0 heterocycles. The van der Waals surface area contributed by atoms with Gasteiger partial charge in [0.1, 0.15) is 0 Å². The van der Waals surface area contributed by atoms with Crippen molar-refractivity contribution in [2.45, 2.75) is 86.5 Å². The number of Topliss-reactive ketones (excluding diaryl/α,β-unsaturated/α-hetero) is 1. The number of allylic oxidation sites excluding steroid dienone is 4. The van der Waals surface area contributed by atoms with Crippen LogP contribution < -0.4 is 0 Å². The maximum Gasteiger partial charge on any atom is 0.308 e. The zero-order valence-electron chi connectivity index (χ0n) is 22.4. The van der Waals surface area contributed by atoms with E-state index in [4.69, 9.17) is 4.74 Å². The van der Waals surface area contributed by atoms with Gasteiger partial charge >= 0.3 is 5.97 Å². The molecule has 0 radical (unpaired) electrons. The van der Waals surface area contributed by atoms with Crippen molar-refractivity contribution < 1.29 is 19.1 Å². The topological polar surface area (TPSA) is 60.4 Å². The van der Waals surface area contributed by atoms with E-state index >= 15 is 0 Å². The van der Waals surface area contributed by atoms with Crippen LogP contribution >= 0.6 is 22.6 Å². The third kappa shape index (κ3) is 3.18. The summed E-state index contributed by atoms with van der Waals surface area (Å²) in [6, 6.07) is 0.